The molecule has 0 saturated carbocycles. The molecule has 0 radical (unpaired) electrons. The third-order valence-corrected chi connectivity index (χ3v) is 2.26. The first-order valence-corrected chi connectivity index (χ1v) is 4.84. The average molecular weight is 186 g/mol. The second kappa shape index (κ2) is 3.76. The van der Waals surface area contributed by atoms with E-state index in [-0.39, 0.29) is 6.04 Å². The zero-order valence-corrected chi connectivity index (χ0v) is 8.27. The van der Waals surface area contributed by atoms with Gasteiger partial charge in [-0.15, -0.1) is 0 Å². The molecule has 72 valence electrons. The molecule has 1 unspecified atom stereocenters. The number of fused-ring (bicyclic) bond motifs is 1. The number of nitrogens with zero attached hydrogens (tertiary/aromatic N) is 1. The summed E-state index contributed by atoms with van der Waals surface area (Å²) in [5.74, 6) is 0. The van der Waals surface area contributed by atoms with Crippen molar-refractivity contribution in [1.29, 1.82) is 0 Å². The van der Waals surface area contributed by atoms with E-state index < -0.39 is 0 Å². The fraction of sp³-hybridized carbons (Fsp3) is 0.250. The van der Waals surface area contributed by atoms with Crippen LogP contribution in [0.2, 0.25) is 0 Å². The lowest BCUT2D eigenvalue weighted by Gasteiger charge is -2.05. The Hall–Kier alpha value is -1.41. The Labute approximate surface area is 83.8 Å². The van der Waals surface area contributed by atoms with Crippen molar-refractivity contribution in [2.24, 2.45) is 5.73 Å². The van der Waals surface area contributed by atoms with Crippen molar-refractivity contribution in [1.82, 2.24) is 4.98 Å². The van der Waals surface area contributed by atoms with Crippen molar-refractivity contribution in [3.05, 3.63) is 42.2 Å². The molecule has 0 bridgehead atoms. The fourth-order valence-electron chi connectivity index (χ4n) is 1.63. The molecule has 1 aromatic heterocycles. The van der Waals surface area contributed by atoms with Crippen molar-refractivity contribution in [2.45, 2.75) is 19.4 Å². The van der Waals surface area contributed by atoms with Crippen LogP contribution in [0.4, 0.5) is 0 Å². The molecule has 0 aliphatic heterocycles. The predicted octanol–water partition coefficient (Wildman–Crippen LogP) is 2.12. The van der Waals surface area contributed by atoms with Gasteiger partial charge in [-0.3, -0.25) is 4.98 Å². The van der Waals surface area contributed by atoms with Crippen LogP contribution < -0.4 is 5.73 Å². The summed E-state index contributed by atoms with van der Waals surface area (Å²) in [6.07, 6.45) is 4.63. The maximum absolute atomic E-state index is 5.76. The molecule has 2 nitrogen and oxygen atoms in total. The van der Waals surface area contributed by atoms with E-state index in [1.807, 2.05) is 25.4 Å². The van der Waals surface area contributed by atoms with Gasteiger partial charge in [-0.2, -0.15) is 0 Å². The number of aromatic nitrogens is 1. The van der Waals surface area contributed by atoms with Gasteiger partial charge in [0.2, 0.25) is 0 Å². The summed E-state index contributed by atoms with van der Waals surface area (Å²) in [7, 11) is 0. The Kier molecular flexibility index (Phi) is 2.46. The van der Waals surface area contributed by atoms with Crippen LogP contribution in [0.5, 0.6) is 0 Å². The highest BCUT2D eigenvalue weighted by atomic mass is 14.6. The summed E-state index contributed by atoms with van der Waals surface area (Å²) >= 11 is 0. The van der Waals surface area contributed by atoms with Crippen molar-refractivity contribution < 1.29 is 0 Å². The molecule has 0 aliphatic rings. The Morgan fingerprint density at radius 2 is 2.14 bits per heavy atom. The first-order chi connectivity index (χ1) is 6.75. The summed E-state index contributed by atoms with van der Waals surface area (Å²) in [5.41, 5.74) is 7.05. The van der Waals surface area contributed by atoms with Gasteiger partial charge in [-0.05, 0) is 30.4 Å². The summed E-state index contributed by atoms with van der Waals surface area (Å²) in [6.45, 7) is 2.02. The molecule has 1 heterocycles. The average Bonchev–Trinajstić information content (AvgIpc) is 2.17. The van der Waals surface area contributed by atoms with Crippen molar-refractivity contribution in [3.8, 4) is 0 Å². The van der Waals surface area contributed by atoms with Gasteiger partial charge in [-0.1, -0.05) is 18.2 Å². The predicted molar refractivity (Wildman–Crippen MR) is 59.1 cm³/mol. The van der Waals surface area contributed by atoms with Crippen LogP contribution >= 0.6 is 0 Å². The Balaban J connectivity index is 2.41. The number of rotatable bonds is 2. The molecule has 2 aromatic rings. The highest BCUT2D eigenvalue weighted by Crippen LogP contribution is 2.15. The highest BCUT2D eigenvalue weighted by molar-refractivity contribution is 5.81. The SMILES string of the molecule is CC(N)Cc1ccc2cnccc2c1. The minimum Gasteiger partial charge on any atom is -0.328 e. The van der Waals surface area contributed by atoms with E-state index >= 15 is 0 Å². The van der Waals surface area contributed by atoms with E-state index in [4.69, 9.17) is 5.73 Å². The van der Waals surface area contributed by atoms with Crippen molar-refractivity contribution in [3.63, 3.8) is 0 Å². The molecule has 1 aromatic carbocycles. The van der Waals surface area contributed by atoms with Crippen LogP contribution in [0.1, 0.15) is 12.5 Å². The second-order valence-corrected chi connectivity index (χ2v) is 3.74. The molecule has 2 heteroatoms. The van der Waals surface area contributed by atoms with Crippen LogP contribution in [0.15, 0.2) is 36.7 Å². The monoisotopic (exact) mass is 186 g/mol. The van der Waals surface area contributed by atoms with Gasteiger partial charge in [0.05, 0.1) is 0 Å². The molecule has 0 saturated heterocycles. The summed E-state index contributed by atoms with van der Waals surface area (Å²) in [4.78, 5) is 4.08. The second-order valence-electron chi connectivity index (χ2n) is 3.74. The maximum atomic E-state index is 5.76. The van der Waals surface area contributed by atoms with Gasteiger partial charge >= 0.3 is 0 Å². The van der Waals surface area contributed by atoms with E-state index in [1.54, 1.807) is 0 Å². The molecular formula is C12H14N2. The lowest BCUT2D eigenvalue weighted by atomic mass is 10.0. The summed E-state index contributed by atoms with van der Waals surface area (Å²) in [6, 6.07) is 8.64. The van der Waals surface area contributed by atoms with Gasteiger partial charge < -0.3 is 5.73 Å². The zero-order chi connectivity index (χ0) is 9.97. The van der Waals surface area contributed by atoms with Crippen molar-refractivity contribution in [2.75, 3.05) is 0 Å². The quantitative estimate of drug-likeness (QED) is 0.780. The van der Waals surface area contributed by atoms with Gasteiger partial charge in [-0.25, -0.2) is 0 Å². The molecule has 0 aliphatic carbocycles. The molecule has 0 spiro atoms. The van der Waals surface area contributed by atoms with Crippen LogP contribution in [-0.2, 0) is 6.42 Å². The number of benzene rings is 1. The molecular weight excluding hydrogens is 172 g/mol. The van der Waals surface area contributed by atoms with Crippen LogP contribution in [0.3, 0.4) is 0 Å². The van der Waals surface area contributed by atoms with Crippen molar-refractivity contribution >= 4 is 10.8 Å². The van der Waals surface area contributed by atoms with Gasteiger partial charge in [0.1, 0.15) is 0 Å². The van der Waals surface area contributed by atoms with Crippen LogP contribution in [0, 0.1) is 0 Å². The van der Waals surface area contributed by atoms with E-state index in [9.17, 15) is 0 Å². The fourth-order valence-corrected chi connectivity index (χ4v) is 1.63. The first-order valence-electron chi connectivity index (χ1n) is 4.84. The van der Waals surface area contributed by atoms with E-state index in [2.05, 4.69) is 23.2 Å². The molecule has 1 atom stereocenters. The number of hydrogen-bond acceptors (Lipinski definition) is 2. The van der Waals surface area contributed by atoms with Crippen LogP contribution in [0.25, 0.3) is 10.8 Å². The van der Waals surface area contributed by atoms with E-state index in [0.29, 0.717) is 0 Å². The molecule has 0 amide bonds. The summed E-state index contributed by atoms with van der Waals surface area (Å²) < 4.78 is 0. The smallest absolute Gasteiger partial charge is 0.0346 e. The topological polar surface area (TPSA) is 38.9 Å². The maximum Gasteiger partial charge on any atom is 0.0346 e. The van der Waals surface area contributed by atoms with Gasteiger partial charge in [0.15, 0.2) is 0 Å². The zero-order valence-electron chi connectivity index (χ0n) is 8.27. The van der Waals surface area contributed by atoms with Gasteiger partial charge in [0.25, 0.3) is 0 Å². The number of hydrogen-bond donors (Lipinski definition) is 1. The third-order valence-electron chi connectivity index (χ3n) is 2.26. The standard InChI is InChI=1S/C12H14N2/c1-9(13)6-10-2-3-12-8-14-5-4-11(12)7-10/h2-5,7-9H,6,13H2,1H3. The molecule has 0 fully saturated rings. The minimum absolute atomic E-state index is 0.217. The lowest BCUT2D eigenvalue weighted by molar-refractivity contribution is 0.739. The normalized spacial score (nSPS) is 13.0. The molecule has 2 rings (SSSR count). The van der Waals surface area contributed by atoms with Crippen LogP contribution in [-0.4, -0.2) is 11.0 Å². The lowest BCUT2D eigenvalue weighted by Crippen LogP contribution is -2.17. The molecule has 2 N–H and O–H groups in total. The first kappa shape index (κ1) is 9.16. The Morgan fingerprint density at radius 1 is 1.29 bits per heavy atom. The Bertz CT molecular complexity index is 435. The molecule has 14 heavy (non-hydrogen) atoms. The third kappa shape index (κ3) is 1.91. The largest absolute Gasteiger partial charge is 0.328 e. The van der Waals surface area contributed by atoms with E-state index in [1.165, 1.54) is 16.3 Å². The number of nitrogens with two attached hydrogens (primary N) is 1. The van der Waals surface area contributed by atoms with E-state index in [0.717, 1.165) is 6.42 Å². The number of pyridine rings is 1. The van der Waals surface area contributed by atoms with Gasteiger partial charge in [0, 0.05) is 23.8 Å². The Morgan fingerprint density at radius 3 is 2.93 bits per heavy atom. The highest BCUT2D eigenvalue weighted by Gasteiger charge is 1.99. The summed E-state index contributed by atoms with van der Waals surface area (Å²) in [5, 5.41) is 2.42. The minimum atomic E-state index is 0.217.